The number of hydrogen-bond donors (Lipinski definition) is 0. The summed E-state index contributed by atoms with van der Waals surface area (Å²) in [4.78, 5) is 0. The van der Waals surface area contributed by atoms with E-state index < -0.39 is 0 Å². The maximum atomic E-state index is 2.37. The van der Waals surface area contributed by atoms with E-state index in [1.807, 2.05) is 0 Å². The van der Waals surface area contributed by atoms with E-state index in [-0.39, 0.29) is 0 Å². The molecule has 0 radical (unpaired) electrons. The average Bonchev–Trinajstić information content (AvgIpc) is 3.09. The Morgan fingerprint density at radius 1 is 0.938 bits per heavy atom. The number of hydrogen-bond acceptors (Lipinski definition) is 0. The van der Waals surface area contributed by atoms with Gasteiger partial charge in [-0.05, 0) is 49.9 Å². The van der Waals surface area contributed by atoms with Crippen LogP contribution in [-0.2, 0) is 0 Å². The van der Waals surface area contributed by atoms with Gasteiger partial charge in [-0.15, -0.1) is 0 Å². The second-order valence-corrected chi connectivity index (χ2v) is 5.39. The maximum Gasteiger partial charge on any atom is -0.00174 e. The van der Waals surface area contributed by atoms with E-state index in [2.05, 4.69) is 49.5 Å². The fraction of sp³-hybridized carbons (Fsp3) is 0.500. The van der Waals surface area contributed by atoms with Crippen molar-refractivity contribution in [3.63, 3.8) is 0 Å². The molecule has 0 aromatic heterocycles. The van der Waals surface area contributed by atoms with Crippen LogP contribution in [0.2, 0.25) is 0 Å². The van der Waals surface area contributed by atoms with Crippen molar-refractivity contribution >= 4 is 0 Å². The normalized spacial score (nSPS) is 43.2. The third-order valence-electron chi connectivity index (χ3n) is 4.27. The molecule has 0 N–H and O–H groups in total. The Hall–Kier alpha value is -1.04. The molecule has 2 unspecified atom stereocenters. The molecule has 0 aromatic carbocycles. The molecule has 0 amide bonds. The van der Waals surface area contributed by atoms with Gasteiger partial charge in [-0.1, -0.05) is 48.1 Å². The second-order valence-electron chi connectivity index (χ2n) is 5.39. The Labute approximate surface area is 98.4 Å². The van der Waals surface area contributed by atoms with Crippen LogP contribution in [0.1, 0.15) is 26.2 Å². The summed E-state index contributed by atoms with van der Waals surface area (Å²) in [5, 5.41) is 0. The van der Waals surface area contributed by atoms with Gasteiger partial charge in [-0.25, -0.2) is 0 Å². The number of allylic oxidation sites excluding steroid dienone is 8. The number of fused-ring (bicyclic) bond motifs is 4. The van der Waals surface area contributed by atoms with Crippen molar-refractivity contribution in [2.75, 3.05) is 0 Å². The highest BCUT2D eigenvalue weighted by Gasteiger charge is 2.29. The first-order valence-corrected chi connectivity index (χ1v) is 6.55. The lowest BCUT2D eigenvalue weighted by Gasteiger charge is -2.05. The predicted molar refractivity (Wildman–Crippen MR) is 69.0 cm³/mol. The van der Waals surface area contributed by atoms with E-state index in [0.29, 0.717) is 0 Å². The molecule has 4 aliphatic rings. The lowest BCUT2D eigenvalue weighted by Crippen LogP contribution is -1.90. The van der Waals surface area contributed by atoms with Gasteiger partial charge in [0.1, 0.15) is 0 Å². The van der Waals surface area contributed by atoms with Gasteiger partial charge in [0.2, 0.25) is 0 Å². The summed E-state index contributed by atoms with van der Waals surface area (Å²) in [6.07, 6.45) is 20.3. The molecule has 0 nitrogen and oxygen atoms in total. The lowest BCUT2D eigenvalue weighted by atomic mass is 10.0. The molecule has 1 fully saturated rings. The van der Waals surface area contributed by atoms with Crippen LogP contribution in [0.4, 0.5) is 0 Å². The molecule has 0 spiro atoms. The van der Waals surface area contributed by atoms with Gasteiger partial charge in [0.15, 0.2) is 0 Å². The van der Waals surface area contributed by atoms with Gasteiger partial charge in [0, 0.05) is 0 Å². The highest BCUT2D eigenvalue weighted by atomic mass is 14.3. The van der Waals surface area contributed by atoms with Gasteiger partial charge < -0.3 is 0 Å². The van der Waals surface area contributed by atoms with Crippen LogP contribution in [0, 0.1) is 23.7 Å². The zero-order valence-electron chi connectivity index (χ0n) is 9.97. The van der Waals surface area contributed by atoms with Crippen LogP contribution in [0.25, 0.3) is 0 Å². The summed E-state index contributed by atoms with van der Waals surface area (Å²) >= 11 is 0. The SMILES string of the molecule is C/C=C1\CC2C=CC1C2.C1=CC2C=CC1C2. The minimum atomic E-state index is 0.810. The smallest absolute Gasteiger partial charge is 0.00174 e. The molecule has 0 aliphatic heterocycles. The minimum Gasteiger partial charge on any atom is -0.0878 e. The Bertz CT molecular complexity index is 353. The Balaban J connectivity index is 0.000000104. The summed E-state index contributed by atoms with van der Waals surface area (Å²) in [5.41, 5.74) is 1.67. The summed E-state index contributed by atoms with van der Waals surface area (Å²) < 4.78 is 0. The Morgan fingerprint density at radius 2 is 1.62 bits per heavy atom. The van der Waals surface area contributed by atoms with Crippen LogP contribution >= 0.6 is 0 Å². The van der Waals surface area contributed by atoms with E-state index >= 15 is 0 Å². The molecule has 0 saturated heterocycles. The summed E-state index contributed by atoms with van der Waals surface area (Å²) in [7, 11) is 0. The van der Waals surface area contributed by atoms with Crippen molar-refractivity contribution in [2.24, 2.45) is 23.7 Å². The van der Waals surface area contributed by atoms with Crippen molar-refractivity contribution in [3.05, 3.63) is 48.1 Å². The zero-order valence-corrected chi connectivity index (χ0v) is 9.97. The quantitative estimate of drug-likeness (QED) is 0.526. The molecule has 0 aromatic rings. The summed E-state index contributed by atoms with van der Waals surface area (Å²) in [6.45, 7) is 2.16. The van der Waals surface area contributed by atoms with Crippen LogP contribution < -0.4 is 0 Å². The van der Waals surface area contributed by atoms with Crippen LogP contribution in [0.3, 0.4) is 0 Å². The average molecular weight is 212 g/mol. The van der Waals surface area contributed by atoms with Crippen molar-refractivity contribution in [3.8, 4) is 0 Å². The van der Waals surface area contributed by atoms with Crippen LogP contribution in [-0.4, -0.2) is 0 Å². The lowest BCUT2D eigenvalue weighted by molar-refractivity contribution is 0.693. The molecule has 4 aliphatic carbocycles. The molecule has 0 heteroatoms. The molecular weight excluding hydrogens is 192 g/mol. The predicted octanol–water partition coefficient (Wildman–Crippen LogP) is 4.28. The third-order valence-corrected chi connectivity index (χ3v) is 4.27. The standard InChI is InChI=1S/C9H12.C7H8/c1-2-8-5-7-3-4-9(8)6-7;1-2-7-4-3-6(1)5-7/h2-4,7,9H,5-6H2,1H3;1-4,6-7H,5H2/b8-2+;. The van der Waals surface area contributed by atoms with Crippen LogP contribution in [0.5, 0.6) is 0 Å². The van der Waals surface area contributed by atoms with Crippen molar-refractivity contribution in [2.45, 2.75) is 26.2 Å². The Kier molecular flexibility index (Phi) is 2.59. The maximum absolute atomic E-state index is 2.37. The van der Waals surface area contributed by atoms with Gasteiger partial charge in [0.05, 0.1) is 0 Å². The molecule has 84 valence electrons. The fourth-order valence-electron chi connectivity index (χ4n) is 3.31. The van der Waals surface area contributed by atoms with E-state index in [9.17, 15) is 0 Å². The molecule has 2 atom stereocenters. The van der Waals surface area contributed by atoms with E-state index in [1.165, 1.54) is 19.3 Å². The van der Waals surface area contributed by atoms with Crippen molar-refractivity contribution in [1.82, 2.24) is 0 Å². The molecule has 0 heterocycles. The summed E-state index contributed by atoms with van der Waals surface area (Å²) in [6, 6.07) is 0. The molecule has 4 rings (SSSR count). The summed E-state index contributed by atoms with van der Waals surface area (Å²) in [5.74, 6) is 3.36. The zero-order chi connectivity index (χ0) is 11.0. The minimum absolute atomic E-state index is 0.810. The van der Waals surface area contributed by atoms with Crippen molar-refractivity contribution < 1.29 is 0 Å². The van der Waals surface area contributed by atoms with E-state index in [1.54, 1.807) is 5.57 Å². The van der Waals surface area contributed by atoms with Gasteiger partial charge in [-0.2, -0.15) is 0 Å². The van der Waals surface area contributed by atoms with Gasteiger partial charge >= 0.3 is 0 Å². The second kappa shape index (κ2) is 4.08. The van der Waals surface area contributed by atoms with Gasteiger partial charge in [-0.3, -0.25) is 0 Å². The molecule has 4 bridgehead atoms. The number of rotatable bonds is 0. The van der Waals surface area contributed by atoms with Gasteiger partial charge in [0.25, 0.3) is 0 Å². The molecule has 1 saturated carbocycles. The largest absolute Gasteiger partial charge is 0.0878 e. The topological polar surface area (TPSA) is 0 Å². The third kappa shape index (κ3) is 1.81. The molecular formula is C16H20. The van der Waals surface area contributed by atoms with Crippen molar-refractivity contribution in [1.29, 1.82) is 0 Å². The first-order valence-electron chi connectivity index (χ1n) is 6.55. The molecule has 16 heavy (non-hydrogen) atoms. The first kappa shape index (κ1) is 10.1. The van der Waals surface area contributed by atoms with E-state index in [4.69, 9.17) is 0 Å². The first-order chi connectivity index (χ1) is 7.85. The van der Waals surface area contributed by atoms with Crippen LogP contribution in [0.15, 0.2) is 48.1 Å². The highest BCUT2D eigenvalue weighted by molar-refractivity contribution is 5.26. The highest BCUT2D eigenvalue weighted by Crippen LogP contribution is 2.42. The Morgan fingerprint density at radius 3 is 1.88 bits per heavy atom. The monoisotopic (exact) mass is 212 g/mol. The fourth-order valence-corrected chi connectivity index (χ4v) is 3.31. The van der Waals surface area contributed by atoms with E-state index in [0.717, 1.165) is 23.7 Å².